The van der Waals surface area contributed by atoms with Crippen LogP contribution in [0.1, 0.15) is 28.8 Å². The smallest absolute Gasteiger partial charge is 0.254 e. The number of halogens is 2. The lowest BCUT2D eigenvalue weighted by molar-refractivity contribution is 0.0686. The van der Waals surface area contributed by atoms with Gasteiger partial charge in [-0.15, -0.1) is 11.3 Å². The second-order valence-electron chi connectivity index (χ2n) is 6.25. The summed E-state index contributed by atoms with van der Waals surface area (Å²) in [5, 5.41) is 5.19. The van der Waals surface area contributed by atoms with Gasteiger partial charge in [-0.2, -0.15) is 0 Å². The maximum atomic E-state index is 14.0. The van der Waals surface area contributed by atoms with Gasteiger partial charge in [-0.3, -0.25) is 4.79 Å². The van der Waals surface area contributed by atoms with E-state index in [4.69, 9.17) is 5.73 Å². The number of rotatable bonds is 1. The fourth-order valence-electron chi connectivity index (χ4n) is 3.38. The summed E-state index contributed by atoms with van der Waals surface area (Å²) < 4.78 is 14.9. The summed E-state index contributed by atoms with van der Waals surface area (Å²) in [6.45, 7) is 1.14. The SMILES string of the molecule is NC1=NC2(CCN(C(=O)c3csc(Br)c3)CC2)Nc2cccc(F)c21. The summed E-state index contributed by atoms with van der Waals surface area (Å²) in [6.07, 6.45) is 1.25. The first kappa shape index (κ1) is 16.5. The number of carbonyl (C=O) groups is 1. The monoisotopic (exact) mass is 422 g/mol. The Balaban J connectivity index is 1.52. The molecular weight excluding hydrogens is 407 g/mol. The average Bonchev–Trinajstić information content (AvgIpc) is 3.01. The van der Waals surface area contributed by atoms with Crippen LogP contribution in [0.3, 0.4) is 0 Å². The van der Waals surface area contributed by atoms with Gasteiger partial charge in [0.1, 0.15) is 17.3 Å². The lowest BCUT2D eigenvalue weighted by Crippen LogP contribution is -2.52. The van der Waals surface area contributed by atoms with Gasteiger partial charge in [-0.05, 0) is 34.1 Å². The molecule has 0 atom stereocenters. The Morgan fingerprint density at radius 3 is 2.84 bits per heavy atom. The lowest BCUT2D eigenvalue weighted by Gasteiger charge is -2.42. The molecule has 25 heavy (non-hydrogen) atoms. The summed E-state index contributed by atoms with van der Waals surface area (Å²) in [6, 6.07) is 6.68. The number of amides is 1. The first-order chi connectivity index (χ1) is 12.0. The number of piperidine rings is 1. The first-order valence-corrected chi connectivity index (χ1v) is 9.60. The summed E-state index contributed by atoms with van der Waals surface area (Å²) in [5.74, 6) is -0.138. The molecule has 0 bridgehead atoms. The predicted octanol–water partition coefficient (Wildman–Crippen LogP) is 3.41. The number of carbonyl (C=O) groups excluding carboxylic acids is 1. The second-order valence-corrected chi connectivity index (χ2v) is 8.54. The highest BCUT2D eigenvalue weighted by atomic mass is 79.9. The van der Waals surface area contributed by atoms with E-state index in [2.05, 4.69) is 26.2 Å². The quantitative estimate of drug-likeness (QED) is 0.739. The van der Waals surface area contributed by atoms with Crippen LogP contribution in [0.25, 0.3) is 0 Å². The van der Waals surface area contributed by atoms with Crippen molar-refractivity contribution in [3.05, 3.63) is 50.4 Å². The van der Waals surface area contributed by atoms with Crippen LogP contribution >= 0.6 is 27.3 Å². The molecule has 1 aromatic heterocycles. The number of nitrogens with one attached hydrogen (secondary N) is 1. The molecule has 0 saturated carbocycles. The molecule has 3 heterocycles. The van der Waals surface area contributed by atoms with Gasteiger partial charge in [-0.25, -0.2) is 9.38 Å². The zero-order chi connectivity index (χ0) is 17.6. The van der Waals surface area contributed by atoms with Crippen molar-refractivity contribution in [2.45, 2.75) is 18.5 Å². The molecule has 0 aliphatic carbocycles. The zero-order valence-corrected chi connectivity index (χ0v) is 15.7. The number of nitrogens with zero attached hydrogens (tertiary/aromatic N) is 2. The van der Waals surface area contributed by atoms with Gasteiger partial charge >= 0.3 is 0 Å². The van der Waals surface area contributed by atoms with Gasteiger partial charge in [0.25, 0.3) is 5.91 Å². The molecule has 2 aliphatic rings. The van der Waals surface area contributed by atoms with Gasteiger partial charge in [0, 0.05) is 37.0 Å². The third-order valence-corrected chi connectivity index (χ3v) is 6.17. The van der Waals surface area contributed by atoms with Crippen LogP contribution in [-0.2, 0) is 0 Å². The van der Waals surface area contributed by atoms with Crippen LogP contribution < -0.4 is 11.1 Å². The summed E-state index contributed by atoms with van der Waals surface area (Å²) >= 11 is 4.88. The summed E-state index contributed by atoms with van der Waals surface area (Å²) in [4.78, 5) is 18.9. The van der Waals surface area contributed by atoms with Crippen molar-refractivity contribution < 1.29 is 9.18 Å². The van der Waals surface area contributed by atoms with Crippen LogP contribution in [-0.4, -0.2) is 35.4 Å². The van der Waals surface area contributed by atoms with Crippen molar-refractivity contribution >= 4 is 44.7 Å². The van der Waals surface area contributed by atoms with Gasteiger partial charge in [0.05, 0.1) is 14.9 Å². The molecule has 1 spiro atoms. The molecule has 1 aromatic carbocycles. The number of benzene rings is 1. The van der Waals surface area contributed by atoms with E-state index in [9.17, 15) is 9.18 Å². The van der Waals surface area contributed by atoms with Crippen LogP contribution in [0.4, 0.5) is 10.1 Å². The third kappa shape index (κ3) is 2.93. The number of nitrogens with two attached hydrogens (primary N) is 1. The molecule has 4 rings (SSSR count). The van der Waals surface area contributed by atoms with Gasteiger partial charge in [0.2, 0.25) is 0 Å². The number of hydrogen-bond acceptors (Lipinski definition) is 5. The van der Waals surface area contributed by atoms with E-state index in [1.165, 1.54) is 17.4 Å². The minimum Gasteiger partial charge on any atom is -0.383 e. The molecule has 1 saturated heterocycles. The van der Waals surface area contributed by atoms with Crippen molar-refractivity contribution in [2.24, 2.45) is 10.7 Å². The minimum absolute atomic E-state index is 0.0241. The number of thiophene rings is 1. The van der Waals surface area contributed by atoms with Gasteiger partial charge in [-0.1, -0.05) is 6.07 Å². The van der Waals surface area contributed by atoms with Crippen LogP contribution in [0, 0.1) is 5.82 Å². The van der Waals surface area contributed by atoms with Crippen LogP contribution in [0.5, 0.6) is 0 Å². The van der Waals surface area contributed by atoms with Crippen molar-refractivity contribution in [1.29, 1.82) is 0 Å². The molecular formula is C17H16BrFN4OS. The minimum atomic E-state index is -0.573. The molecule has 1 fully saturated rings. The molecule has 0 radical (unpaired) electrons. The second kappa shape index (κ2) is 6.10. The number of hydrogen-bond donors (Lipinski definition) is 2. The van der Waals surface area contributed by atoms with Crippen molar-refractivity contribution in [1.82, 2.24) is 4.90 Å². The maximum Gasteiger partial charge on any atom is 0.254 e. The van der Waals surface area contributed by atoms with Crippen molar-refractivity contribution in [3.8, 4) is 0 Å². The van der Waals surface area contributed by atoms with Gasteiger partial charge < -0.3 is 16.0 Å². The van der Waals surface area contributed by atoms with E-state index in [1.807, 2.05) is 22.4 Å². The Labute approximate surface area is 156 Å². The molecule has 1 amide bonds. The Morgan fingerprint density at radius 1 is 1.40 bits per heavy atom. The fourth-order valence-corrected chi connectivity index (χ4v) is 4.51. The van der Waals surface area contributed by atoms with E-state index in [-0.39, 0.29) is 17.6 Å². The fraction of sp³-hybridized carbons (Fsp3) is 0.294. The summed E-state index contributed by atoms with van der Waals surface area (Å²) in [7, 11) is 0. The third-order valence-electron chi connectivity index (χ3n) is 4.66. The summed E-state index contributed by atoms with van der Waals surface area (Å²) in [5.41, 5.74) is 7.14. The Bertz CT molecular complexity index is 873. The number of fused-ring (bicyclic) bond motifs is 1. The molecule has 0 unspecified atom stereocenters. The topological polar surface area (TPSA) is 70.7 Å². The molecule has 2 aromatic rings. The maximum absolute atomic E-state index is 14.0. The standard InChI is InChI=1S/C17H16BrFN4OS/c18-13-8-10(9-25-13)16(24)23-6-4-17(5-7-23)21-12-3-1-2-11(19)14(12)15(20)22-17/h1-3,8-9,21H,4-7H2,(H2,20,22). The Hall–Kier alpha value is -1.93. The average molecular weight is 423 g/mol. The van der Waals surface area contributed by atoms with Crippen molar-refractivity contribution in [2.75, 3.05) is 18.4 Å². The number of likely N-dealkylation sites (tertiary alicyclic amines) is 1. The number of aliphatic imine (C=N–C) groups is 1. The molecule has 8 heteroatoms. The van der Waals surface area contributed by atoms with Crippen molar-refractivity contribution in [3.63, 3.8) is 0 Å². The zero-order valence-electron chi connectivity index (χ0n) is 13.3. The largest absolute Gasteiger partial charge is 0.383 e. The van der Waals surface area contributed by atoms with Crippen LogP contribution in [0.15, 0.2) is 38.4 Å². The molecule has 3 N–H and O–H groups in total. The highest BCUT2D eigenvalue weighted by Crippen LogP contribution is 2.35. The first-order valence-electron chi connectivity index (χ1n) is 7.93. The van der Waals surface area contributed by atoms with E-state index in [0.717, 1.165) is 3.79 Å². The molecule has 130 valence electrons. The highest BCUT2D eigenvalue weighted by molar-refractivity contribution is 9.11. The predicted molar refractivity (Wildman–Crippen MR) is 101 cm³/mol. The Kier molecular flexibility index (Phi) is 4.04. The highest BCUT2D eigenvalue weighted by Gasteiger charge is 2.39. The number of amidine groups is 1. The van der Waals surface area contributed by atoms with E-state index in [0.29, 0.717) is 42.7 Å². The van der Waals surface area contributed by atoms with Crippen LogP contribution in [0.2, 0.25) is 0 Å². The van der Waals surface area contributed by atoms with E-state index >= 15 is 0 Å². The number of anilines is 1. The molecule has 5 nitrogen and oxygen atoms in total. The Morgan fingerprint density at radius 2 is 2.16 bits per heavy atom. The van der Waals surface area contributed by atoms with E-state index < -0.39 is 5.66 Å². The van der Waals surface area contributed by atoms with Gasteiger partial charge in [0.15, 0.2) is 0 Å². The molecule has 2 aliphatic heterocycles. The lowest BCUT2D eigenvalue weighted by atomic mass is 9.93. The van der Waals surface area contributed by atoms with E-state index in [1.54, 1.807) is 6.07 Å². The normalized spacial score (nSPS) is 18.5.